The number of carbonyl (C=O) groups excluding carboxylic acids is 1. The molecule has 20 heavy (non-hydrogen) atoms. The smallest absolute Gasteiger partial charge is 0.281 e. The van der Waals surface area contributed by atoms with Crippen molar-refractivity contribution in [1.82, 2.24) is 4.90 Å². The third-order valence-corrected chi connectivity index (χ3v) is 2.91. The maximum absolute atomic E-state index is 14.1. The normalized spacial score (nSPS) is 11.4. The molecule has 0 radical (unpaired) electrons. The minimum absolute atomic E-state index is 0.0550. The zero-order chi connectivity index (χ0) is 15.5. The van der Waals surface area contributed by atoms with E-state index in [0.717, 1.165) is 0 Å². The van der Waals surface area contributed by atoms with E-state index in [4.69, 9.17) is 5.26 Å². The van der Waals surface area contributed by atoms with Gasteiger partial charge in [0.05, 0.1) is 23.4 Å². The van der Waals surface area contributed by atoms with Crippen molar-refractivity contribution in [3.8, 4) is 6.07 Å². The number of hydrogen-bond donors (Lipinski definition) is 0. The highest BCUT2D eigenvalue weighted by molar-refractivity contribution is 6.00. The molecule has 0 heterocycles. The third-order valence-electron chi connectivity index (χ3n) is 2.91. The molecule has 4 nitrogen and oxygen atoms in total. The lowest BCUT2D eigenvalue weighted by atomic mass is 9.84. The Balaban J connectivity index is 3.27. The molecule has 0 aliphatic carbocycles. The van der Waals surface area contributed by atoms with Crippen molar-refractivity contribution in [1.29, 1.82) is 5.26 Å². The number of aliphatic imine (C=N–C) groups is 1. The summed E-state index contributed by atoms with van der Waals surface area (Å²) in [7, 11) is 3.44. The largest absolute Gasteiger partial charge is 0.369 e. The fourth-order valence-electron chi connectivity index (χ4n) is 1.67. The second kappa shape index (κ2) is 5.83. The van der Waals surface area contributed by atoms with Crippen LogP contribution in [0, 0.1) is 24.1 Å². The maximum atomic E-state index is 14.1. The van der Waals surface area contributed by atoms with Crippen LogP contribution in [0.4, 0.5) is 4.39 Å². The van der Waals surface area contributed by atoms with Gasteiger partial charge in [-0.25, -0.2) is 4.39 Å². The topological polar surface area (TPSA) is 56.5 Å². The van der Waals surface area contributed by atoms with E-state index in [1.807, 2.05) is 0 Å². The molecule has 0 aliphatic heterocycles. The third kappa shape index (κ3) is 3.41. The van der Waals surface area contributed by atoms with E-state index in [0.29, 0.717) is 11.1 Å². The van der Waals surface area contributed by atoms with Crippen molar-refractivity contribution in [2.24, 2.45) is 4.99 Å². The second-order valence-electron chi connectivity index (χ2n) is 5.40. The summed E-state index contributed by atoms with van der Waals surface area (Å²) >= 11 is 0. The Morgan fingerprint density at radius 2 is 2.05 bits per heavy atom. The fraction of sp³-hybridized carbons (Fsp3) is 0.400. The van der Waals surface area contributed by atoms with Crippen LogP contribution in [0.3, 0.4) is 0 Å². The highest BCUT2D eigenvalue weighted by Crippen LogP contribution is 2.26. The molecular weight excluding hydrogens is 257 g/mol. The van der Waals surface area contributed by atoms with Crippen LogP contribution < -0.4 is 0 Å². The predicted molar refractivity (Wildman–Crippen MR) is 76.3 cm³/mol. The summed E-state index contributed by atoms with van der Waals surface area (Å²) in [6.07, 6.45) is 1.33. The van der Waals surface area contributed by atoms with Crippen molar-refractivity contribution in [2.75, 3.05) is 14.1 Å². The molecule has 0 aromatic heterocycles. The Bertz CT molecular complexity index is 575. The predicted octanol–water partition coefficient (Wildman–Crippen LogP) is 2.67. The fourth-order valence-corrected chi connectivity index (χ4v) is 1.67. The molecule has 0 N–H and O–H groups in total. The van der Waals surface area contributed by atoms with E-state index in [-0.39, 0.29) is 5.56 Å². The summed E-state index contributed by atoms with van der Waals surface area (Å²) in [5, 5.41) is 9.08. The lowest BCUT2D eigenvalue weighted by molar-refractivity contribution is 0.0998. The molecule has 1 aromatic rings. The molecule has 0 bridgehead atoms. The minimum atomic E-state index is -0.805. The van der Waals surface area contributed by atoms with Crippen LogP contribution in [0.25, 0.3) is 0 Å². The second-order valence-corrected chi connectivity index (χ2v) is 5.40. The number of benzene rings is 1. The van der Waals surface area contributed by atoms with Gasteiger partial charge in [0.15, 0.2) is 0 Å². The highest BCUT2D eigenvalue weighted by atomic mass is 19.1. The van der Waals surface area contributed by atoms with Gasteiger partial charge in [0.25, 0.3) is 5.91 Å². The maximum Gasteiger partial charge on any atom is 0.281 e. The van der Waals surface area contributed by atoms with Gasteiger partial charge in [0.1, 0.15) is 5.82 Å². The minimum Gasteiger partial charge on any atom is -0.369 e. The molecule has 1 aromatic carbocycles. The lowest BCUT2D eigenvalue weighted by Crippen LogP contribution is -2.16. The summed E-state index contributed by atoms with van der Waals surface area (Å²) < 4.78 is 14.1. The molecule has 0 unspecified atom stereocenters. The molecule has 5 heteroatoms. The van der Waals surface area contributed by atoms with Crippen molar-refractivity contribution in [3.63, 3.8) is 0 Å². The van der Waals surface area contributed by atoms with Crippen molar-refractivity contribution in [3.05, 3.63) is 34.6 Å². The van der Waals surface area contributed by atoms with Crippen LogP contribution in [-0.2, 0) is 5.41 Å². The van der Waals surface area contributed by atoms with Crippen molar-refractivity contribution in [2.45, 2.75) is 26.2 Å². The van der Waals surface area contributed by atoms with E-state index in [2.05, 4.69) is 11.1 Å². The molecule has 0 spiro atoms. The van der Waals surface area contributed by atoms with Crippen LogP contribution in [0.5, 0.6) is 0 Å². The first-order valence-corrected chi connectivity index (χ1v) is 6.16. The molecule has 0 aliphatic rings. The van der Waals surface area contributed by atoms with Crippen LogP contribution >= 0.6 is 0 Å². The number of hydrogen-bond acceptors (Lipinski definition) is 2. The lowest BCUT2D eigenvalue weighted by Gasteiger charge is -2.17. The summed E-state index contributed by atoms with van der Waals surface area (Å²) in [5.41, 5.74) is 0.160. The van der Waals surface area contributed by atoms with E-state index in [9.17, 15) is 9.18 Å². The van der Waals surface area contributed by atoms with Crippen molar-refractivity contribution >= 4 is 12.2 Å². The summed E-state index contributed by atoms with van der Waals surface area (Å²) in [6, 6.07) is 5.00. The molecule has 0 saturated carbocycles. The van der Waals surface area contributed by atoms with E-state index < -0.39 is 17.1 Å². The Morgan fingerprint density at radius 3 is 2.50 bits per heavy atom. The van der Waals surface area contributed by atoms with E-state index in [1.165, 1.54) is 12.4 Å². The SMILES string of the molecule is Cc1cc(C(C)(C)C#N)cc(F)c1C(=O)N=CN(C)C. The number of rotatable bonds is 3. The standard InChI is InChI=1S/C15H18FN3O/c1-10-6-11(15(2,3)8-17)7-12(16)13(10)14(20)18-9-19(4)5/h6-7,9H,1-5H3. The average molecular weight is 275 g/mol. The van der Waals surface area contributed by atoms with Gasteiger partial charge in [-0.05, 0) is 38.0 Å². The number of nitriles is 1. The van der Waals surface area contributed by atoms with Gasteiger partial charge in [-0.15, -0.1) is 0 Å². The molecular formula is C15H18FN3O. The number of amides is 1. The Hall–Kier alpha value is -2.22. The van der Waals surface area contributed by atoms with Gasteiger partial charge < -0.3 is 4.90 Å². The van der Waals surface area contributed by atoms with E-state index >= 15 is 0 Å². The molecule has 1 amide bonds. The first-order valence-electron chi connectivity index (χ1n) is 6.16. The molecule has 1 rings (SSSR count). The number of halogens is 1. The first-order chi connectivity index (χ1) is 9.19. The van der Waals surface area contributed by atoms with Crippen LogP contribution in [0.2, 0.25) is 0 Å². The first kappa shape index (κ1) is 15.8. The number of carbonyl (C=O) groups is 1. The van der Waals surface area contributed by atoms with Crippen LogP contribution in [0.15, 0.2) is 17.1 Å². The Labute approximate surface area is 118 Å². The monoisotopic (exact) mass is 275 g/mol. The van der Waals surface area contributed by atoms with Crippen molar-refractivity contribution < 1.29 is 9.18 Å². The van der Waals surface area contributed by atoms with Crippen LogP contribution in [-0.4, -0.2) is 31.2 Å². The number of aryl methyl sites for hydroxylation is 1. The zero-order valence-corrected chi connectivity index (χ0v) is 12.4. The highest BCUT2D eigenvalue weighted by Gasteiger charge is 2.24. The van der Waals surface area contributed by atoms with Gasteiger partial charge in [0, 0.05) is 14.1 Å². The Morgan fingerprint density at radius 1 is 1.45 bits per heavy atom. The molecule has 0 fully saturated rings. The van der Waals surface area contributed by atoms with E-state index in [1.54, 1.807) is 45.8 Å². The molecule has 0 atom stereocenters. The van der Waals surface area contributed by atoms with Crippen LogP contribution in [0.1, 0.15) is 35.3 Å². The Kier molecular flexibility index (Phi) is 4.61. The van der Waals surface area contributed by atoms with Gasteiger partial charge in [-0.3, -0.25) is 4.79 Å². The average Bonchev–Trinajstić information content (AvgIpc) is 2.35. The zero-order valence-electron chi connectivity index (χ0n) is 12.4. The van der Waals surface area contributed by atoms with Gasteiger partial charge in [-0.2, -0.15) is 10.3 Å². The van der Waals surface area contributed by atoms with Gasteiger partial charge >= 0.3 is 0 Å². The molecule has 106 valence electrons. The van der Waals surface area contributed by atoms with Gasteiger partial charge in [-0.1, -0.05) is 6.07 Å². The summed E-state index contributed by atoms with van der Waals surface area (Å²) in [4.78, 5) is 17.2. The molecule has 0 saturated heterocycles. The number of nitrogens with zero attached hydrogens (tertiary/aromatic N) is 3. The summed E-state index contributed by atoms with van der Waals surface area (Å²) in [6.45, 7) is 5.04. The summed E-state index contributed by atoms with van der Waals surface area (Å²) in [5.74, 6) is -1.28. The van der Waals surface area contributed by atoms with Gasteiger partial charge in [0.2, 0.25) is 0 Å². The quantitative estimate of drug-likeness (QED) is 0.629.